The van der Waals surface area contributed by atoms with Crippen LogP contribution in [0, 0.1) is 17.1 Å². The highest BCUT2D eigenvalue weighted by Gasteiger charge is 2.17. The predicted molar refractivity (Wildman–Crippen MR) is 87.8 cm³/mol. The van der Waals surface area contributed by atoms with Gasteiger partial charge in [-0.3, -0.25) is 0 Å². The summed E-state index contributed by atoms with van der Waals surface area (Å²) in [6.07, 6.45) is 1.51. The molecular formula is C15H9BrClFN4. The van der Waals surface area contributed by atoms with Crippen molar-refractivity contribution in [2.24, 2.45) is 7.05 Å². The van der Waals surface area contributed by atoms with Crippen LogP contribution in [0.2, 0.25) is 5.02 Å². The molecule has 1 aromatic heterocycles. The Balaban J connectivity index is 2.18. The van der Waals surface area contributed by atoms with E-state index in [0.717, 1.165) is 4.47 Å². The summed E-state index contributed by atoms with van der Waals surface area (Å²) >= 11 is 9.44. The number of nitrogens with zero attached hydrogens (tertiary/aromatic N) is 3. The van der Waals surface area contributed by atoms with Crippen molar-refractivity contribution in [2.75, 3.05) is 5.32 Å². The van der Waals surface area contributed by atoms with Gasteiger partial charge in [-0.1, -0.05) is 27.5 Å². The first-order chi connectivity index (χ1) is 10.5. The van der Waals surface area contributed by atoms with Crippen molar-refractivity contribution >= 4 is 49.9 Å². The van der Waals surface area contributed by atoms with Crippen LogP contribution in [-0.2, 0) is 7.05 Å². The Kier molecular flexibility index (Phi) is 3.77. The summed E-state index contributed by atoms with van der Waals surface area (Å²) in [4.78, 5) is 4.03. The van der Waals surface area contributed by atoms with Crippen molar-refractivity contribution in [3.05, 3.63) is 51.5 Å². The molecule has 0 saturated carbocycles. The van der Waals surface area contributed by atoms with Crippen LogP contribution in [0.25, 0.3) is 11.0 Å². The van der Waals surface area contributed by atoms with Gasteiger partial charge in [0.2, 0.25) is 0 Å². The van der Waals surface area contributed by atoms with Gasteiger partial charge in [0.15, 0.2) is 5.82 Å². The molecule has 0 aliphatic heterocycles. The third-order valence-electron chi connectivity index (χ3n) is 3.27. The average Bonchev–Trinajstić information content (AvgIpc) is 2.85. The SMILES string of the molecule is Cn1cnc2c(F)c(Nc3ccc(Br)cc3Cl)c(C#N)cc21. The number of nitriles is 1. The first-order valence-corrected chi connectivity index (χ1v) is 7.44. The fraction of sp³-hybridized carbons (Fsp3) is 0.0667. The lowest BCUT2D eigenvalue weighted by Gasteiger charge is -2.12. The van der Waals surface area contributed by atoms with Crippen LogP contribution in [-0.4, -0.2) is 9.55 Å². The van der Waals surface area contributed by atoms with Gasteiger partial charge >= 0.3 is 0 Å². The molecule has 1 N–H and O–H groups in total. The molecule has 0 spiro atoms. The van der Waals surface area contributed by atoms with Crippen LogP contribution in [0.1, 0.15) is 5.56 Å². The summed E-state index contributed by atoms with van der Waals surface area (Å²) < 4.78 is 17.2. The van der Waals surface area contributed by atoms with Gasteiger partial charge in [-0.15, -0.1) is 0 Å². The molecule has 0 atom stereocenters. The zero-order valence-electron chi connectivity index (χ0n) is 11.4. The second kappa shape index (κ2) is 5.59. The summed E-state index contributed by atoms with van der Waals surface area (Å²) in [5, 5.41) is 12.6. The highest BCUT2D eigenvalue weighted by atomic mass is 79.9. The van der Waals surface area contributed by atoms with Gasteiger partial charge in [-0.25, -0.2) is 9.37 Å². The number of anilines is 2. The number of nitrogens with one attached hydrogen (secondary N) is 1. The van der Waals surface area contributed by atoms with E-state index in [1.165, 1.54) is 6.33 Å². The van der Waals surface area contributed by atoms with Gasteiger partial charge in [-0.05, 0) is 24.3 Å². The summed E-state index contributed by atoms with van der Waals surface area (Å²) in [5.74, 6) is -0.575. The summed E-state index contributed by atoms with van der Waals surface area (Å²) in [6, 6.07) is 8.77. The molecular weight excluding hydrogens is 371 g/mol. The molecule has 0 aliphatic carbocycles. The molecule has 7 heteroatoms. The molecule has 1 heterocycles. The van der Waals surface area contributed by atoms with E-state index < -0.39 is 5.82 Å². The molecule has 0 bridgehead atoms. The van der Waals surface area contributed by atoms with Crippen LogP contribution in [0.4, 0.5) is 15.8 Å². The van der Waals surface area contributed by atoms with Crippen molar-refractivity contribution in [1.82, 2.24) is 9.55 Å². The standard InChI is InChI=1S/C15H9BrClFN4/c1-22-7-20-15-12(22)4-8(6-19)14(13(15)18)21-11-3-2-9(16)5-10(11)17/h2-5,7,21H,1H3. The largest absolute Gasteiger partial charge is 0.351 e. The van der Waals surface area contributed by atoms with Crippen molar-refractivity contribution in [3.8, 4) is 6.07 Å². The molecule has 2 aromatic carbocycles. The second-order valence-electron chi connectivity index (χ2n) is 4.70. The first kappa shape index (κ1) is 14.8. The lowest BCUT2D eigenvalue weighted by Crippen LogP contribution is -2.00. The minimum absolute atomic E-state index is 0.0675. The van der Waals surface area contributed by atoms with E-state index in [1.54, 1.807) is 35.9 Å². The van der Waals surface area contributed by atoms with Crippen LogP contribution in [0.3, 0.4) is 0 Å². The zero-order chi connectivity index (χ0) is 15.9. The van der Waals surface area contributed by atoms with Crippen LogP contribution in [0.15, 0.2) is 35.1 Å². The minimum atomic E-state index is -0.575. The fourth-order valence-electron chi connectivity index (χ4n) is 2.16. The van der Waals surface area contributed by atoms with E-state index in [9.17, 15) is 9.65 Å². The van der Waals surface area contributed by atoms with Crippen LogP contribution in [0.5, 0.6) is 0 Å². The Labute approximate surface area is 139 Å². The number of hydrogen-bond donors (Lipinski definition) is 1. The Hall–Kier alpha value is -2.10. The third kappa shape index (κ3) is 2.43. The Bertz CT molecular complexity index is 929. The van der Waals surface area contributed by atoms with Crippen molar-refractivity contribution in [2.45, 2.75) is 0 Å². The third-order valence-corrected chi connectivity index (χ3v) is 4.08. The van der Waals surface area contributed by atoms with Gasteiger partial charge in [0, 0.05) is 11.5 Å². The maximum atomic E-state index is 14.7. The van der Waals surface area contributed by atoms with E-state index in [-0.39, 0.29) is 16.8 Å². The van der Waals surface area contributed by atoms with E-state index in [2.05, 4.69) is 26.2 Å². The van der Waals surface area contributed by atoms with Crippen molar-refractivity contribution in [3.63, 3.8) is 0 Å². The molecule has 3 aromatic rings. The van der Waals surface area contributed by atoms with E-state index in [4.69, 9.17) is 11.6 Å². The molecule has 0 aliphatic rings. The van der Waals surface area contributed by atoms with E-state index in [1.807, 2.05) is 6.07 Å². The molecule has 4 nitrogen and oxygen atoms in total. The van der Waals surface area contributed by atoms with Crippen LogP contribution < -0.4 is 5.32 Å². The number of halogens is 3. The lowest BCUT2D eigenvalue weighted by atomic mass is 10.1. The zero-order valence-corrected chi connectivity index (χ0v) is 13.7. The average molecular weight is 380 g/mol. The highest BCUT2D eigenvalue weighted by molar-refractivity contribution is 9.10. The van der Waals surface area contributed by atoms with Gasteiger partial charge in [0.1, 0.15) is 11.6 Å². The molecule has 0 amide bonds. The highest BCUT2D eigenvalue weighted by Crippen LogP contribution is 2.33. The fourth-order valence-corrected chi connectivity index (χ4v) is 2.88. The first-order valence-electron chi connectivity index (χ1n) is 6.27. The summed E-state index contributed by atoms with van der Waals surface area (Å²) in [5.41, 5.74) is 1.53. The maximum Gasteiger partial charge on any atom is 0.175 e. The topological polar surface area (TPSA) is 53.6 Å². The van der Waals surface area contributed by atoms with E-state index >= 15 is 0 Å². The van der Waals surface area contributed by atoms with E-state index in [0.29, 0.717) is 16.2 Å². The van der Waals surface area contributed by atoms with Crippen molar-refractivity contribution in [1.29, 1.82) is 5.26 Å². The molecule has 22 heavy (non-hydrogen) atoms. The quantitative estimate of drug-likeness (QED) is 0.699. The number of fused-ring (bicyclic) bond motifs is 1. The van der Waals surface area contributed by atoms with Crippen LogP contribution >= 0.6 is 27.5 Å². The molecule has 0 unspecified atom stereocenters. The molecule has 110 valence electrons. The smallest absolute Gasteiger partial charge is 0.175 e. The number of imidazole rings is 1. The van der Waals surface area contributed by atoms with Gasteiger partial charge < -0.3 is 9.88 Å². The normalized spacial score (nSPS) is 10.7. The van der Waals surface area contributed by atoms with Gasteiger partial charge in [0.25, 0.3) is 0 Å². The Morgan fingerprint density at radius 2 is 2.18 bits per heavy atom. The number of hydrogen-bond acceptors (Lipinski definition) is 3. The number of benzene rings is 2. The predicted octanol–water partition coefficient (Wildman–Crippen LogP) is 4.74. The summed E-state index contributed by atoms with van der Waals surface area (Å²) in [6.45, 7) is 0. The number of aromatic nitrogens is 2. The van der Waals surface area contributed by atoms with Gasteiger partial charge in [0.05, 0.1) is 33.8 Å². The summed E-state index contributed by atoms with van der Waals surface area (Å²) in [7, 11) is 1.74. The number of aryl methyl sites for hydroxylation is 1. The molecule has 0 saturated heterocycles. The minimum Gasteiger partial charge on any atom is -0.351 e. The monoisotopic (exact) mass is 378 g/mol. The Morgan fingerprint density at radius 3 is 2.86 bits per heavy atom. The van der Waals surface area contributed by atoms with Crippen molar-refractivity contribution < 1.29 is 4.39 Å². The Morgan fingerprint density at radius 1 is 1.41 bits per heavy atom. The lowest BCUT2D eigenvalue weighted by molar-refractivity contribution is 0.641. The number of rotatable bonds is 2. The van der Waals surface area contributed by atoms with Gasteiger partial charge in [-0.2, -0.15) is 5.26 Å². The molecule has 0 fully saturated rings. The molecule has 0 radical (unpaired) electrons. The molecule has 3 rings (SSSR count). The maximum absolute atomic E-state index is 14.7. The second-order valence-corrected chi connectivity index (χ2v) is 6.02.